The fraction of sp³-hybridized carbons (Fsp3) is 0.609. The highest BCUT2D eigenvalue weighted by Gasteiger charge is 2.52. The van der Waals surface area contributed by atoms with E-state index in [1.54, 1.807) is 15.9 Å². The first kappa shape index (κ1) is 19.9. The van der Waals surface area contributed by atoms with Crippen LogP contribution >= 0.6 is 0 Å². The molecule has 0 aromatic heterocycles. The van der Waals surface area contributed by atoms with Crippen molar-refractivity contribution >= 4 is 23.4 Å². The molecule has 0 bridgehead atoms. The van der Waals surface area contributed by atoms with Gasteiger partial charge in [-0.1, -0.05) is 25.0 Å². The Morgan fingerprint density at radius 3 is 2.59 bits per heavy atom. The average molecular weight is 398 g/mol. The second-order valence-electron chi connectivity index (χ2n) is 9.00. The maximum Gasteiger partial charge on any atom is 0.257 e. The predicted molar refractivity (Wildman–Crippen MR) is 111 cm³/mol. The highest BCUT2D eigenvalue weighted by Crippen LogP contribution is 2.44. The largest absolute Gasteiger partial charge is 0.337 e. The van der Waals surface area contributed by atoms with Crippen molar-refractivity contribution in [1.82, 2.24) is 9.80 Å². The molecule has 2 fully saturated rings. The molecule has 2 aliphatic heterocycles. The Bertz CT molecular complexity index is 830. The smallest absolute Gasteiger partial charge is 0.257 e. The van der Waals surface area contributed by atoms with Crippen LogP contribution in [0.4, 0.5) is 5.69 Å². The van der Waals surface area contributed by atoms with E-state index in [1.165, 1.54) is 12.8 Å². The molecule has 0 radical (unpaired) electrons. The summed E-state index contributed by atoms with van der Waals surface area (Å²) in [7, 11) is 0. The minimum absolute atomic E-state index is 0.0403. The van der Waals surface area contributed by atoms with E-state index in [0.717, 1.165) is 12.8 Å². The van der Waals surface area contributed by atoms with Crippen molar-refractivity contribution in [2.45, 2.75) is 83.5 Å². The zero-order chi connectivity index (χ0) is 20.8. The molecule has 1 aromatic carbocycles. The molecule has 4 rings (SSSR count). The van der Waals surface area contributed by atoms with Gasteiger partial charge in [-0.05, 0) is 52.2 Å². The zero-order valence-corrected chi connectivity index (χ0v) is 17.7. The summed E-state index contributed by atoms with van der Waals surface area (Å²) in [5.74, 6) is 0.0652. The third kappa shape index (κ3) is 3.22. The lowest BCUT2D eigenvalue weighted by Crippen LogP contribution is -2.62. The molecule has 0 unspecified atom stereocenters. The number of fused-ring (bicyclic) bond motifs is 3. The van der Waals surface area contributed by atoms with Crippen molar-refractivity contribution in [2.75, 3.05) is 11.4 Å². The molecule has 6 nitrogen and oxygen atoms in total. The van der Waals surface area contributed by atoms with Crippen LogP contribution in [0.1, 0.15) is 76.1 Å². The molecule has 1 aromatic rings. The van der Waals surface area contributed by atoms with Gasteiger partial charge in [-0.3, -0.25) is 19.3 Å². The molecular weight excluding hydrogens is 366 g/mol. The van der Waals surface area contributed by atoms with E-state index in [4.69, 9.17) is 0 Å². The van der Waals surface area contributed by atoms with Gasteiger partial charge < -0.3 is 9.80 Å². The molecule has 3 aliphatic rings. The fourth-order valence-electron chi connectivity index (χ4n) is 5.47. The van der Waals surface area contributed by atoms with Gasteiger partial charge in [0.2, 0.25) is 11.8 Å². The summed E-state index contributed by atoms with van der Waals surface area (Å²) in [6.45, 7) is 6.42. The van der Waals surface area contributed by atoms with Crippen LogP contribution in [0, 0.1) is 0 Å². The van der Waals surface area contributed by atoms with E-state index in [0.29, 0.717) is 43.1 Å². The second kappa shape index (κ2) is 7.47. The van der Waals surface area contributed by atoms with Gasteiger partial charge in [-0.25, -0.2) is 0 Å². The highest BCUT2D eigenvalue weighted by atomic mass is 16.2. The van der Waals surface area contributed by atoms with Crippen molar-refractivity contribution in [3.05, 3.63) is 29.8 Å². The van der Waals surface area contributed by atoms with Crippen LogP contribution in [0.2, 0.25) is 0 Å². The number of hydrogen-bond donors (Lipinski definition) is 0. The first-order valence-corrected chi connectivity index (χ1v) is 10.9. The van der Waals surface area contributed by atoms with E-state index in [1.807, 2.05) is 30.0 Å². The van der Waals surface area contributed by atoms with Crippen LogP contribution in [0.5, 0.6) is 0 Å². The van der Waals surface area contributed by atoms with Crippen molar-refractivity contribution in [1.29, 1.82) is 0 Å². The number of para-hydroxylation sites is 1. The first-order valence-electron chi connectivity index (χ1n) is 10.9. The third-order valence-electron chi connectivity index (χ3n) is 6.86. The molecule has 3 amide bonds. The van der Waals surface area contributed by atoms with Gasteiger partial charge in [0.25, 0.3) is 5.91 Å². The summed E-state index contributed by atoms with van der Waals surface area (Å²) in [5.41, 5.74) is 0.544. The monoisotopic (exact) mass is 397 g/mol. The lowest BCUT2D eigenvalue weighted by molar-refractivity contribution is -0.135. The summed E-state index contributed by atoms with van der Waals surface area (Å²) >= 11 is 0. The van der Waals surface area contributed by atoms with Crippen LogP contribution in [-0.4, -0.2) is 51.8 Å². The molecule has 156 valence electrons. The Morgan fingerprint density at radius 2 is 1.90 bits per heavy atom. The van der Waals surface area contributed by atoms with E-state index in [2.05, 4.69) is 13.8 Å². The minimum atomic E-state index is -0.696. The average Bonchev–Trinajstić information content (AvgIpc) is 3.30. The Kier molecular flexibility index (Phi) is 5.13. The molecule has 0 spiro atoms. The van der Waals surface area contributed by atoms with Crippen LogP contribution < -0.4 is 4.90 Å². The van der Waals surface area contributed by atoms with Crippen LogP contribution in [0.3, 0.4) is 0 Å². The molecular formula is C23H31N3O3. The number of rotatable bonds is 5. The lowest BCUT2D eigenvalue weighted by Gasteiger charge is -2.49. The number of anilines is 1. The normalized spacial score (nSPS) is 24.3. The van der Waals surface area contributed by atoms with Crippen molar-refractivity contribution in [2.24, 2.45) is 0 Å². The van der Waals surface area contributed by atoms with E-state index >= 15 is 0 Å². The highest BCUT2D eigenvalue weighted by molar-refractivity contribution is 6.10. The number of carbonyl (C=O) groups is 3. The van der Waals surface area contributed by atoms with Crippen LogP contribution in [0.25, 0.3) is 0 Å². The van der Waals surface area contributed by atoms with E-state index in [-0.39, 0.29) is 23.8 Å². The Hall–Kier alpha value is -2.37. The fourth-order valence-corrected chi connectivity index (χ4v) is 5.47. The van der Waals surface area contributed by atoms with E-state index < -0.39 is 5.66 Å². The van der Waals surface area contributed by atoms with Crippen molar-refractivity contribution < 1.29 is 14.4 Å². The zero-order valence-electron chi connectivity index (χ0n) is 17.7. The minimum Gasteiger partial charge on any atom is -0.337 e. The lowest BCUT2D eigenvalue weighted by atomic mass is 9.98. The van der Waals surface area contributed by atoms with Gasteiger partial charge in [0.1, 0.15) is 5.66 Å². The molecule has 2 heterocycles. The Morgan fingerprint density at radius 1 is 1.21 bits per heavy atom. The van der Waals surface area contributed by atoms with Gasteiger partial charge >= 0.3 is 0 Å². The molecule has 1 atom stereocenters. The van der Waals surface area contributed by atoms with Gasteiger partial charge in [0.05, 0.1) is 11.3 Å². The van der Waals surface area contributed by atoms with Crippen LogP contribution in [0.15, 0.2) is 24.3 Å². The van der Waals surface area contributed by atoms with Crippen molar-refractivity contribution in [3.63, 3.8) is 0 Å². The third-order valence-corrected chi connectivity index (χ3v) is 6.86. The number of benzene rings is 1. The second-order valence-corrected chi connectivity index (χ2v) is 9.00. The van der Waals surface area contributed by atoms with E-state index in [9.17, 15) is 14.4 Å². The summed E-state index contributed by atoms with van der Waals surface area (Å²) in [6, 6.07) is 7.78. The molecule has 1 saturated carbocycles. The standard InChI is InChI=1S/C23H31N3O3/c1-16(2)25(17-8-4-5-9-17)20(27)13-15-24-22(29)18-10-6-7-11-19(18)26-21(28)12-14-23(24,26)3/h6-7,10-11,16-17H,4-5,8-9,12-15H2,1-3H3/t23-/m1/s1. The SMILES string of the molecule is CC(C)N(C(=O)CCN1C(=O)c2ccccc2N2C(=O)CC[C@]12C)C1CCCC1. The van der Waals surface area contributed by atoms with Gasteiger partial charge in [-0.15, -0.1) is 0 Å². The summed E-state index contributed by atoms with van der Waals surface area (Å²) in [4.78, 5) is 44.6. The number of hydrogen-bond acceptors (Lipinski definition) is 3. The summed E-state index contributed by atoms with van der Waals surface area (Å²) in [5, 5.41) is 0. The predicted octanol–water partition coefficient (Wildman–Crippen LogP) is 3.56. The van der Waals surface area contributed by atoms with Crippen LogP contribution in [-0.2, 0) is 9.59 Å². The molecule has 1 saturated heterocycles. The topological polar surface area (TPSA) is 60.9 Å². The maximum absolute atomic E-state index is 13.3. The molecule has 1 aliphatic carbocycles. The Labute approximate surface area is 172 Å². The van der Waals surface area contributed by atoms with Gasteiger partial charge in [-0.2, -0.15) is 0 Å². The number of carbonyl (C=O) groups excluding carboxylic acids is 3. The molecule has 6 heteroatoms. The summed E-state index contributed by atoms with van der Waals surface area (Å²) < 4.78 is 0. The quantitative estimate of drug-likeness (QED) is 0.763. The molecule has 0 N–H and O–H groups in total. The Balaban J connectivity index is 1.57. The van der Waals surface area contributed by atoms with Gasteiger partial charge in [0, 0.05) is 31.5 Å². The van der Waals surface area contributed by atoms with Crippen molar-refractivity contribution in [3.8, 4) is 0 Å². The summed E-state index contributed by atoms with van der Waals surface area (Å²) in [6.07, 6.45) is 5.80. The number of amides is 3. The van der Waals surface area contributed by atoms with Gasteiger partial charge in [0.15, 0.2) is 0 Å². The molecule has 29 heavy (non-hydrogen) atoms. The number of nitrogens with zero attached hydrogens (tertiary/aromatic N) is 3. The maximum atomic E-state index is 13.3. The first-order chi connectivity index (χ1) is 13.8.